The van der Waals surface area contributed by atoms with Crippen LogP contribution in [0.2, 0.25) is 0 Å². The maximum atomic E-state index is 11.9. The van der Waals surface area contributed by atoms with Gasteiger partial charge in [0, 0.05) is 11.6 Å². The molecule has 0 saturated heterocycles. The lowest BCUT2D eigenvalue weighted by Gasteiger charge is -2.10. The molecule has 0 aliphatic rings. The molecule has 0 bridgehead atoms. The molecule has 3 N–H and O–H groups in total. The first-order valence-electron chi connectivity index (χ1n) is 7.80. The van der Waals surface area contributed by atoms with Gasteiger partial charge in [-0.05, 0) is 51.0 Å². The molecule has 1 rings (SSSR count). The summed E-state index contributed by atoms with van der Waals surface area (Å²) in [6, 6.07) is 4.39. The first-order chi connectivity index (χ1) is 11.7. The van der Waals surface area contributed by atoms with Crippen molar-refractivity contribution in [2.75, 3.05) is 13.2 Å². The average Bonchev–Trinajstić information content (AvgIpc) is 2.52. The molecular weight excluding hydrogens is 326 g/mol. The van der Waals surface area contributed by atoms with E-state index >= 15 is 0 Å². The van der Waals surface area contributed by atoms with E-state index in [1.165, 1.54) is 0 Å². The Morgan fingerprint density at radius 3 is 2.36 bits per heavy atom. The molecule has 25 heavy (non-hydrogen) atoms. The summed E-state index contributed by atoms with van der Waals surface area (Å²) in [5, 5.41) is 6.89. The van der Waals surface area contributed by atoms with Crippen LogP contribution in [0.3, 0.4) is 0 Å². The summed E-state index contributed by atoms with van der Waals surface area (Å²) in [4.78, 5) is 46.2. The summed E-state index contributed by atoms with van der Waals surface area (Å²) in [6.07, 6.45) is 0. The summed E-state index contributed by atoms with van der Waals surface area (Å²) in [7, 11) is 0. The largest absolute Gasteiger partial charge is 0.454 e. The van der Waals surface area contributed by atoms with Crippen LogP contribution in [0.25, 0.3) is 0 Å². The molecule has 8 heteroatoms. The van der Waals surface area contributed by atoms with Gasteiger partial charge >= 0.3 is 12.0 Å². The summed E-state index contributed by atoms with van der Waals surface area (Å²) >= 11 is 0. The number of nitrogens with one attached hydrogen (secondary N) is 3. The molecule has 0 aliphatic heterocycles. The van der Waals surface area contributed by atoms with E-state index in [0.29, 0.717) is 5.56 Å². The number of ether oxygens (including phenoxy) is 1. The lowest BCUT2D eigenvalue weighted by molar-refractivity contribution is -0.147. The van der Waals surface area contributed by atoms with Crippen LogP contribution in [0, 0.1) is 13.8 Å². The van der Waals surface area contributed by atoms with Crippen LogP contribution in [-0.2, 0) is 14.3 Å². The minimum atomic E-state index is -0.781. The Morgan fingerprint density at radius 2 is 1.76 bits per heavy atom. The molecule has 0 fully saturated rings. The van der Waals surface area contributed by atoms with Crippen LogP contribution in [-0.4, -0.2) is 43.0 Å². The number of urea groups is 1. The Kier molecular flexibility index (Phi) is 7.58. The number of imide groups is 1. The number of aryl methyl sites for hydroxylation is 2. The van der Waals surface area contributed by atoms with Crippen molar-refractivity contribution in [2.24, 2.45) is 0 Å². The lowest BCUT2D eigenvalue weighted by atomic mass is 10.1. The maximum Gasteiger partial charge on any atom is 0.325 e. The second kappa shape index (κ2) is 9.41. The molecule has 0 heterocycles. The van der Waals surface area contributed by atoms with Crippen molar-refractivity contribution in [2.45, 2.75) is 33.7 Å². The molecule has 0 saturated carbocycles. The zero-order chi connectivity index (χ0) is 19.0. The van der Waals surface area contributed by atoms with Gasteiger partial charge in [-0.2, -0.15) is 0 Å². The normalized spacial score (nSPS) is 10.1. The molecule has 0 unspecified atom stereocenters. The smallest absolute Gasteiger partial charge is 0.325 e. The van der Waals surface area contributed by atoms with Gasteiger partial charge in [-0.25, -0.2) is 4.79 Å². The van der Waals surface area contributed by atoms with Gasteiger partial charge in [-0.3, -0.25) is 19.7 Å². The van der Waals surface area contributed by atoms with Gasteiger partial charge < -0.3 is 15.4 Å². The van der Waals surface area contributed by atoms with Crippen LogP contribution < -0.4 is 16.0 Å². The van der Waals surface area contributed by atoms with E-state index in [1.807, 2.05) is 25.2 Å². The SMILES string of the molecule is Cc1ccc(C(=O)NCC(=O)OCC(=O)NC(=O)NC(C)C)cc1C. The molecule has 1 aromatic carbocycles. The topological polar surface area (TPSA) is 114 Å². The Balaban J connectivity index is 2.34. The van der Waals surface area contributed by atoms with Crippen molar-refractivity contribution in [3.8, 4) is 0 Å². The molecule has 1 aromatic rings. The van der Waals surface area contributed by atoms with E-state index in [-0.39, 0.29) is 12.6 Å². The number of hydrogen-bond acceptors (Lipinski definition) is 5. The number of carbonyl (C=O) groups excluding carboxylic acids is 4. The van der Waals surface area contributed by atoms with Gasteiger partial charge in [0.05, 0.1) is 0 Å². The molecule has 0 radical (unpaired) electrons. The highest BCUT2D eigenvalue weighted by atomic mass is 16.5. The van der Waals surface area contributed by atoms with Crippen LogP contribution in [0.4, 0.5) is 4.79 Å². The van der Waals surface area contributed by atoms with Crippen molar-refractivity contribution < 1.29 is 23.9 Å². The fourth-order valence-corrected chi connectivity index (χ4v) is 1.80. The predicted molar refractivity (Wildman–Crippen MR) is 91.0 cm³/mol. The molecular formula is C17H23N3O5. The highest BCUT2D eigenvalue weighted by Crippen LogP contribution is 2.09. The first-order valence-corrected chi connectivity index (χ1v) is 7.80. The zero-order valence-corrected chi connectivity index (χ0v) is 14.8. The van der Waals surface area contributed by atoms with Crippen molar-refractivity contribution in [1.82, 2.24) is 16.0 Å². The molecule has 8 nitrogen and oxygen atoms in total. The lowest BCUT2D eigenvalue weighted by Crippen LogP contribution is -2.44. The van der Waals surface area contributed by atoms with Crippen LogP contribution >= 0.6 is 0 Å². The quantitative estimate of drug-likeness (QED) is 0.658. The summed E-state index contributed by atoms with van der Waals surface area (Å²) in [6.45, 7) is 6.31. The van der Waals surface area contributed by atoms with Crippen molar-refractivity contribution in [1.29, 1.82) is 0 Å². The number of hydrogen-bond donors (Lipinski definition) is 3. The van der Waals surface area contributed by atoms with Gasteiger partial charge in [0.15, 0.2) is 6.61 Å². The van der Waals surface area contributed by atoms with Crippen LogP contribution in [0.1, 0.15) is 35.3 Å². The van der Waals surface area contributed by atoms with E-state index in [9.17, 15) is 19.2 Å². The first kappa shape index (κ1) is 20.1. The standard InChI is InChI=1S/C17H23N3O5/c1-10(2)19-17(24)20-14(21)9-25-15(22)8-18-16(23)13-6-5-11(3)12(4)7-13/h5-7,10H,8-9H2,1-4H3,(H,18,23)(H2,19,20,21,24). The summed E-state index contributed by atoms with van der Waals surface area (Å²) in [5.41, 5.74) is 2.45. The third kappa shape index (κ3) is 7.47. The van der Waals surface area contributed by atoms with Gasteiger partial charge in [0.25, 0.3) is 11.8 Å². The van der Waals surface area contributed by atoms with Gasteiger partial charge in [0.1, 0.15) is 6.54 Å². The van der Waals surface area contributed by atoms with E-state index in [0.717, 1.165) is 11.1 Å². The maximum absolute atomic E-state index is 11.9. The highest BCUT2D eigenvalue weighted by Gasteiger charge is 2.13. The number of rotatable bonds is 6. The van der Waals surface area contributed by atoms with Crippen molar-refractivity contribution in [3.63, 3.8) is 0 Å². The third-order valence-corrected chi connectivity index (χ3v) is 3.20. The second-order valence-electron chi connectivity index (χ2n) is 5.82. The fraction of sp³-hybridized carbons (Fsp3) is 0.412. The van der Waals surface area contributed by atoms with E-state index in [1.54, 1.807) is 26.0 Å². The van der Waals surface area contributed by atoms with Crippen LogP contribution in [0.15, 0.2) is 18.2 Å². The number of carbonyl (C=O) groups is 4. The summed E-state index contributed by atoms with van der Waals surface area (Å²) in [5.74, 6) is -1.95. The molecule has 136 valence electrons. The molecule has 4 amide bonds. The van der Waals surface area contributed by atoms with E-state index < -0.39 is 30.4 Å². The number of amides is 4. The average molecular weight is 349 g/mol. The molecule has 0 spiro atoms. The highest BCUT2D eigenvalue weighted by molar-refractivity contribution is 5.97. The Bertz CT molecular complexity index is 670. The zero-order valence-electron chi connectivity index (χ0n) is 14.8. The minimum Gasteiger partial charge on any atom is -0.454 e. The van der Waals surface area contributed by atoms with Crippen LogP contribution in [0.5, 0.6) is 0 Å². The minimum absolute atomic E-state index is 0.129. The molecule has 0 atom stereocenters. The predicted octanol–water partition coefficient (Wildman–Crippen LogP) is 0.811. The fourth-order valence-electron chi connectivity index (χ4n) is 1.80. The third-order valence-electron chi connectivity index (χ3n) is 3.20. The molecule has 0 aliphatic carbocycles. The number of benzene rings is 1. The van der Waals surface area contributed by atoms with Crippen molar-refractivity contribution in [3.05, 3.63) is 34.9 Å². The Hall–Kier alpha value is -2.90. The summed E-state index contributed by atoms with van der Waals surface area (Å²) < 4.78 is 4.69. The van der Waals surface area contributed by atoms with Gasteiger partial charge in [-0.1, -0.05) is 6.07 Å². The monoisotopic (exact) mass is 349 g/mol. The van der Waals surface area contributed by atoms with Gasteiger partial charge in [-0.15, -0.1) is 0 Å². The van der Waals surface area contributed by atoms with E-state index in [2.05, 4.69) is 10.6 Å². The molecule has 0 aromatic heterocycles. The second-order valence-corrected chi connectivity index (χ2v) is 5.82. The number of esters is 1. The van der Waals surface area contributed by atoms with Gasteiger partial charge in [0.2, 0.25) is 0 Å². The van der Waals surface area contributed by atoms with Crippen molar-refractivity contribution >= 4 is 23.8 Å². The van der Waals surface area contributed by atoms with E-state index in [4.69, 9.17) is 4.74 Å². The Morgan fingerprint density at radius 1 is 1.08 bits per heavy atom. The Labute approximate surface area is 146 Å².